The molecule has 0 saturated carbocycles. The summed E-state index contributed by atoms with van der Waals surface area (Å²) in [6.07, 6.45) is 0. The van der Waals surface area contributed by atoms with Crippen LogP contribution in [0.3, 0.4) is 0 Å². The first-order valence-corrected chi connectivity index (χ1v) is 10.7. The van der Waals surface area contributed by atoms with Crippen LogP contribution in [0.15, 0.2) is 59.6 Å². The van der Waals surface area contributed by atoms with Crippen molar-refractivity contribution in [3.8, 4) is 0 Å². The number of thioether (sulfide) groups is 1. The van der Waals surface area contributed by atoms with Gasteiger partial charge >= 0.3 is 0 Å². The molecule has 1 N–H and O–H groups in total. The SMILES string of the molecule is Cc1cc(SCc2nnc(C(=O)NCc3ccc(F)cc3)s2)nc2ccccc12. The minimum atomic E-state index is -0.303. The van der Waals surface area contributed by atoms with Gasteiger partial charge in [0.15, 0.2) is 0 Å². The van der Waals surface area contributed by atoms with E-state index in [0.29, 0.717) is 17.3 Å². The molecule has 4 aromatic rings. The predicted octanol–water partition coefficient (Wildman–Crippen LogP) is 4.76. The summed E-state index contributed by atoms with van der Waals surface area (Å²) in [5, 5.41) is 14.0. The highest BCUT2D eigenvalue weighted by molar-refractivity contribution is 7.98. The van der Waals surface area contributed by atoms with Crippen LogP contribution in [-0.2, 0) is 12.3 Å². The average molecular weight is 425 g/mol. The van der Waals surface area contributed by atoms with Gasteiger partial charge in [-0.3, -0.25) is 4.79 Å². The number of aryl methyl sites for hydroxylation is 1. The molecular weight excluding hydrogens is 407 g/mol. The number of carbonyl (C=O) groups excluding carboxylic acids is 1. The number of rotatable bonds is 6. The Morgan fingerprint density at radius 2 is 1.93 bits per heavy atom. The number of halogens is 1. The predicted molar refractivity (Wildman–Crippen MR) is 114 cm³/mol. The summed E-state index contributed by atoms with van der Waals surface area (Å²) in [5.74, 6) is -0.00146. The van der Waals surface area contributed by atoms with Crippen LogP contribution in [0.2, 0.25) is 0 Å². The van der Waals surface area contributed by atoms with Crippen molar-refractivity contribution in [2.24, 2.45) is 0 Å². The third-order valence-corrected chi connectivity index (χ3v) is 6.30. The van der Waals surface area contributed by atoms with E-state index in [1.54, 1.807) is 23.9 Å². The van der Waals surface area contributed by atoms with Crippen molar-refractivity contribution < 1.29 is 9.18 Å². The number of nitrogens with one attached hydrogen (secondary N) is 1. The smallest absolute Gasteiger partial charge is 0.282 e. The first kappa shape index (κ1) is 19.5. The molecule has 4 rings (SSSR count). The van der Waals surface area contributed by atoms with Crippen molar-refractivity contribution in [3.63, 3.8) is 0 Å². The molecule has 2 heterocycles. The lowest BCUT2D eigenvalue weighted by atomic mass is 10.1. The number of hydrogen-bond donors (Lipinski definition) is 1. The van der Waals surface area contributed by atoms with Crippen LogP contribution < -0.4 is 5.32 Å². The normalized spacial score (nSPS) is 11.0. The van der Waals surface area contributed by atoms with Crippen molar-refractivity contribution in [1.82, 2.24) is 20.5 Å². The molecule has 2 aromatic carbocycles. The summed E-state index contributed by atoms with van der Waals surface area (Å²) in [6.45, 7) is 2.38. The molecule has 5 nitrogen and oxygen atoms in total. The number of amides is 1. The second kappa shape index (κ2) is 8.67. The van der Waals surface area contributed by atoms with Gasteiger partial charge in [-0.05, 0) is 42.3 Å². The van der Waals surface area contributed by atoms with Gasteiger partial charge < -0.3 is 5.32 Å². The van der Waals surface area contributed by atoms with E-state index in [4.69, 9.17) is 0 Å². The van der Waals surface area contributed by atoms with Crippen LogP contribution in [0, 0.1) is 12.7 Å². The number of fused-ring (bicyclic) bond motifs is 1. The molecule has 0 aliphatic rings. The first-order chi connectivity index (χ1) is 14.1. The van der Waals surface area contributed by atoms with E-state index in [1.165, 1.54) is 29.0 Å². The molecule has 0 radical (unpaired) electrons. The summed E-state index contributed by atoms with van der Waals surface area (Å²) < 4.78 is 12.9. The van der Waals surface area contributed by atoms with Crippen LogP contribution in [0.25, 0.3) is 10.9 Å². The Balaban J connectivity index is 1.36. The molecule has 1 amide bonds. The lowest BCUT2D eigenvalue weighted by Gasteiger charge is -2.05. The maximum atomic E-state index is 12.9. The first-order valence-electron chi connectivity index (χ1n) is 8.93. The number of aromatic nitrogens is 3. The average Bonchev–Trinajstić information content (AvgIpc) is 3.21. The molecule has 0 saturated heterocycles. The highest BCUT2D eigenvalue weighted by atomic mass is 32.2. The van der Waals surface area contributed by atoms with E-state index in [1.807, 2.05) is 18.2 Å². The second-order valence-electron chi connectivity index (χ2n) is 6.39. The molecule has 0 spiro atoms. The number of hydrogen-bond acceptors (Lipinski definition) is 6. The van der Waals surface area contributed by atoms with Crippen molar-refractivity contribution in [2.75, 3.05) is 0 Å². The minimum Gasteiger partial charge on any atom is -0.346 e. The Labute approximate surface area is 175 Å². The highest BCUT2D eigenvalue weighted by Crippen LogP contribution is 2.27. The highest BCUT2D eigenvalue weighted by Gasteiger charge is 2.13. The van der Waals surface area contributed by atoms with Gasteiger partial charge in [-0.2, -0.15) is 0 Å². The molecule has 0 fully saturated rings. The van der Waals surface area contributed by atoms with Crippen LogP contribution in [-0.4, -0.2) is 21.1 Å². The van der Waals surface area contributed by atoms with Gasteiger partial charge in [0, 0.05) is 11.9 Å². The Morgan fingerprint density at radius 3 is 2.76 bits per heavy atom. The van der Waals surface area contributed by atoms with E-state index in [2.05, 4.69) is 39.6 Å². The maximum Gasteiger partial charge on any atom is 0.282 e. The summed E-state index contributed by atoms with van der Waals surface area (Å²) in [7, 11) is 0. The molecular formula is C21H17FN4OS2. The number of nitrogens with zero attached hydrogens (tertiary/aromatic N) is 3. The van der Waals surface area contributed by atoms with Gasteiger partial charge in [0.2, 0.25) is 5.01 Å². The zero-order valence-corrected chi connectivity index (χ0v) is 17.2. The molecule has 0 atom stereocenters. The number of para-hydroxylation sites is 1. The fourth-order valence-corrected chi connectivity index (χ4v) is 4.51. The molecule has 0 aliphatic carbocycles. The topological polar surface area (TPSA) is 67.8 Å². The third kappa shape index (κ3) is 4.78. The number of benzene rings is 2. The molecule has 29 heavy (non-hydrogen) atoms. The monoisotopic (exact) mass is 424 g/mol. The Morgan fingerprint density at radius 1 is 1.14 bits per heavy atom. The maximum absolute atomic E-state index is 12.9. The summed E-state index contributed by atoms with van der Waals surface area (Å²) in [4.78, 5) is 16.9. The van der Waals surface area contributed by atoms with E-state index in [0.717, 1.165) is 26.5 Å². The second-order valence-corrected chi connectivity index (χ2v) is 8.45. The van der Waals surface area contributed by atoms with Crippen molar-refractivity contribution in [1.29, 1.82) is 0 Å². The van der Waals surface area contributed by atoms with E-state index in [-0.39, 0.29) is 11.7 Å². The zero-order chi connectivity index (χ0) is 20.2. The Bertz CT molecular complexity index is 1160. The zero-order valence-electron chi connectivity index (χ0n) is 15.6. The molecule has 2 aromatic heterocycles. The van der Waals surface area contributed by atoms with Crippen molar-refractivity contribution in [3.05, 3.63) is 81.6 Å². The quantitative estimate of drug-likeness (QED) is 0.452. The lowest BCUT2D eigenvalue weighted by Crippen LogP contribution is -2.22. The van der Waals surface area contributed by atoms with E-state index in [9.17, 15) is 9.18 Å². The number of pyridine rings is 1. The van der Waals surface area contributed by atoms with E-state index >= 15 is 0 Å². The van der Waals surface area contributed by atoms with Crippen molar-refractivity contribution in [2.45, 2.75) is 24.2 Å². The van der Waals surface area contributed by atoms with Crippen LogP contribution >= 0.6 is 23.1 Å². The van der Waals surface area contributed by atoms with Crippen LogP contribution in [0.4, 0.5) is 4.39 Å². The van der Waals surface area contributed by atoms with Gasteiger partial charge in [0.25, 0.3) is 5.91 Å². The molecule has 146 valence electrons. The Hall–Kier alpha value is -2.84. The lowest BCUT2D eigenvalue weighted by molar-refractivity contribution is 0.0950. The van der Waals surface area contributed by atoms with Crippen LogP contribution in [0.1, 0.15) is 25.9 Å². The van der Waals surface area contributed by atoms with Gasteiger partial charge in [0.1, 0.15) is 10.8 Å². The molecule has 0 unspecified atom stereocenters. The Kier molecular flexibility index (Phi) is 5.82. The van der Waals surface area contributed by atoms with Gasteiger partial charge in [-0.25, -0.2) is 9.37 Å². The summed E-state index contributed by atoms with van der Waals surface area (Å²) in [5.41, 5.74) is 2.96. The molecule has 0 aliphatic heterocycles. The third-order valence-electron chi connectivity index (χ3n) is 4.27. The summed E-state index contributed by atoms with van der Waals surface area (Å²) >= 11 is 2.83. The molecule has 0 bridgehead atoms. The van der Waals surface area contributed by atoms with Crippen LogP contribution in [0.5, 0.6) is 0 Å². The largest absolute Gasteiger partial charge is 0.346 e. The van der Waals surface area contributed by atoms with Crippen molar-refractivity contribution >= 4 is 39.9 Å². The van der Waals surface area contributed by atoms with Gasteiger partial charge in [-0.1, -0.05) is 53.4 Å². The van der Waals surface area contributed by atoms with E-state index < -0.39 is 0 Å². The summed E-state index contributed by atoms with van der Waals surface area (Å²) in [6, 6.07) is 16.1. The fourth-order valence-electron chi connectivity index (χ4n) is 2.79. The minimum absolute atomic E-state index is 0.289. The van der Waals surface area contributed by atoms with Gasteiger partial charge in [0.05, 0.1) is 16.3 Å². The number of carbonyl (C=O) groups is 1. The fraction of sp³-hybridized carbons (Fsp3) is 0.143. The molecule has 8 heteroatoms. The standard InChI is InChI=1S/C21H17FN4OS2/c1-13-10-18(24-17-5-3-2-4-16(13)17)28-12-19-25-26-21(29-19)20(27)23-11-14-6-8-15(22)9-7-14/h2-10H,11-12H2,1H3,(H,23,27). The van der Waals surface area contributed by atoms with Gasteiger partial charge in [-0.15, -0.1) is 10.2 Å².